The molecule has 3 nitrogen and oxygen atoms in total. The molecule has 20 heavy (non-hydrogen) atoms. The minimum absolute atomic E-state index is 0.0920. The zero-order chi connectivity index (χ0) is 14.2. The van der Waals surface area contributed by atoms with E-state index in [9.17, 15) is 4.79 Å². The summed E-state index contributed by atoms with van der Waals surface area (Å²) in [5, 5.41) is 6.65. The zero-order valence-electron chi connectivity index (χ0n) is 12.4. The maximum absolute atomic E-state index is 12.7. The third-order valence-corrected chi connectivity index (χ3v) is 5.81. The topological polar surface area (TPSA) is 41.1 Å². The molecule has 0 spiro atoms. The molecule has 0 atom stereocenters. The van der Waals surface area contributed by atoms with Crippen LogP contribution in [0.5, 0.6) is 0 Å². The first-order chi connectivity index (χ1) is 9.61. The number of rotatable bonds is 4. The number of carbonyl (C=O) groups is 1. The first-order valence-electron chi connectivity index (χ1n) is 8.20. The summed E-state index contributed by atoms with van der Waals surface area (Å²) in [4.78, 5) is 12.7. The van der Waals surface area contributed by atoms with E-state index in [-0.39, 0.29) is 11.3 Å². The van der Waals surface area contributed by atoms with E-state index < -0.39 is 0 Å². The number of nitrogens with one attached hydrogen (secondary N) is 2. The van der Waals surface area contributed by atoms with Gasteiger partial charge in [-0.1, -0.05) is 13.3 Å². The van der Waals surface area contributed by atoms with Gasteiger partial charge in [0.2, 0.25) is 5.91 Å². The van der Waals surface area contributed by atoms with Gasteiger partial charge >= 0.3 is 0 Å². The summed E-state index contributed by atoms with van der Waals surface area (Å²) in [7, 11) is 0. The minimum atomic E-state index is -0.0920. The molecule has 0 aromatic rings. The Balaban J connectivity index is 1.58. The summed E-state index contributed by atoms with van der Waals surface area (Å²) >= 11 is 5.26. The second kappa shape index (κ2) is 5.63. The standard InChI is InChI=1S/C16H26N2OS/c1-2-3-4-17-15(20)18-14(19)16-8-11-5-12(9-16)7-13(6-11)10-16/h11-13H,2-10H2,1H3,(H2,17,18,19,20). The first-order valence-corrected chi connectivity index (χ1v) is 8.61. The first kappa shape index (κ1) is 14.3. The average Bonchev–Trinajstić information content (AvgIpc) is 2.37. The van der Waals surface area contributed by atoms with Crippen molar-refractivity contribution in [2.24, 2.45) is 23.2 Å². The van der Waals surface area contributed by atoms with Gasteiger partial charge in [0, 0.05) is 6.54 Å². The fraction of sp³-hybridized carbons (Fsp3) is 0.875. The van der Waals surface area contributed by atoms with Crippen LogP contribution in [0.1, 0.15) is 58.3 Å². The van der Waals surface area contributed by atoms with E-state index in [2.05, 4.69) is 17.6 Å². The Kier molecular flexibility index (Phi) is 4.02. The lowest BCUT2D eigenvalue weighted by Gasteiger charge is -2.55. The van der Waals surface area contributed by atoms with E-state index in [0.29, 0.717) is 5.11 Å². The van der Waals surface area contributed by atoms with Crippen LogP contribution in [0.2, 0.25) is 0 Å². The van der Waals surface area contributed by atoms with E-state index in [1.165, 1.54) is 19.3 Å². The van der Waals surface area contributed by atoms with Crippen LogP contribution in [-0.4, -0.2) is 17.6 Å². The molecule has 4 fully saturated rings. The van der Waals surface area contributed by atoms with Gasteiger partial charge in [-0.2, -0.15) is 0 Å². The van der Waals surface area contributed by atoms with Crippen LogP contribution in [0.4, 0.5) is 0 Å². The van der Waals surface area contributed by atoms with Crippen molar-refractivity contribution in [3.8, 4) is 0 Å². The summed E-state index contributed by atoms with van der Waals surface area (Å²) < 4.78 is 0. The molecule has 4 saturated carbocycles. The smallest absolute Gasteiger partial charge is 0.232 e. The van der Waals surface area contributed by atoms with Gasteiger partial charge in [0.25, 0.3) is 0 Å². The maximum Gasteiger partial charge on any atom is 0.232 e. The molecule has 4 bridgehead atoms. The molecule has 0 aromatic carbocycles. The van der Waals surface area contributed by atoms with E-state index in [1.807, 2.05) is 0 Å². The predicted molar refractivity (Wildman–Crippen MR) is 84.3 cm³/mol. The van der Waals surface area contributed by atoms with Crippen LogP contribution < -0.4 is 10.6 Å². The lowest BCUT2D eigenvalue weighted by atomic mass is 9.49. The molecule has 0 aliphatic heterocycles. The lowest BCUT2D eigenvalue weighted by Crippen LogP contribution is -2.55. The Labute approximate surface area is 127 Å². The zero-order valence-corrected chi connectivity index (χ0v) is 13.2. The predicted octanol–water partition coefficient (Wildman–Crippen LogP) is 2.99. The molecule has 4 aliphatic carbocycles. The second-order valence-corrected chi connectivity index (χ2v) is 7.67. The Morgan fingerprint density at radius 2 is 1.70 bits per heavy atom. The molecular formula is C16H26N2OS. The molecule has 112 valence electrons. The van der Waals surface area contributed by atoms with Gasteiger partial charge in [0.1, 0.15) is 0 Å². The Morgan fingerprint density at radius 3 is 2.20 bits per heavy atom. The van der Waals surface area contributed by atoms with Crippen LogP contribution in [-0.2, 0) is 4.79 Å². The van der Waals surface area contributed by atoms with Gasteiger partial charge in [-0.15, -0.1) is 0 Å². The molecule has 0 saturated heterocycles. The highest BCUT2D eigenvalue weighted by molar-refractivity contribution is 7.80. The van der Waals surface area contributed by atoms with Crippen LogP contribution in [0.15, 0.2) is 0 Å². The molecular weight excluding hydrogens is 268 g/mol. The van der Waals surface area contributed by atoms with E-state index in [1.54, 1.807) is 0 Å². The summed E-state index contributed by atoms with van der Waals surface area (Å²) in [5.41, 5.74) is -0.0920. The maximum atomic E-state index is 12.7. The Morgan fingerprint density at radius 1 is 1.15 bits per heavy atom. The lowest BCUT2D eigenvalue weighted by molar-refractivity contribution is -0.144. The number of thiocarbonyl (C=S) groups is 1. The van der Waals surface area contributed by atoms with Gasteiger partial charge in [0.15, 0.2) is 5.11 Å². The monoisotopic (exact) mass is 294 g/mol. The van der Waals surface area contributed by atoms with Gasteiger partial charge in [-0.3, -0.25) is 4.79 Å². The Bertz CT molecular complexity index is 372. The van der Waals surface area contributed by atoms with Gasteiger partial charge in [0.05, 0.1) is 5.41 Å². The normalized spacial score (nSPS) is 37.8. The minimum Gasteiger partial charge on any atom is -0.362 e. The molecule has 0 heterocycles. The van der Waals surface area contributed by atoms with Crippen LogP contribution >= 0.6 is 12.2 Å². The van der Waals surface area contributed by atoms with Crippen molar-refractivity contribution >= 4 is 23.2 Å². The fourth-order valence-corrected chi connectivity index (χ4v) is 5.24. The van der Waals surface area contributed by atoms with Crippen molar-refractivity contribution < 1.29 is 4.79 Å². The molecule has 2 N–H and O–H groups in total. The number of hydrogen-bond donors (Lipinski definition) is 2. The van der Waals surface area contributed by atoms with Gasteiger partial charge < -0.3 is 10.6 Å². The molecule has 0 aromatic heterocycles. The SMILES string of the molecule is CCCCNC(=S)NC(=O)C12CC3CC(CC(C3)C1)C2. The summed E-state index contributed by atoms with van der Waals surface area (Å²) in [5.74, 6) is 2.60. The van der Waals surface area contributed by atoms with E-state index in [0.717, 1.165) is 56.4 Å². The number of unbranched alkanes of at least 4 members (excludes halogenated alkanes) is 1. The van der Waals surface area contributed by atoms with Crippen LogP contribution in [0.3, 0.4) is 0 Å². The van der Waals surface area contributed by atoms with Crippen molar-refractivity contribution in [2.75, 3.05) is 6.54 Å². The molecule has 0 unspecified atom stereocenters. The molecule has 4 rings (SSSR count). The molecule has 0 radical (unpaired) electrons. The Hall–Kier alpha value is -0.640. The van der Waals surface area contributed by atoms with Crippen LogP contribution in [0, 0.1) is 23.2 Å². The fourth-order valence-electron chi connectivity index (χ4n) is 5.05. The van der Waals surface area contributed by atoms with Gasteiger partial charge in [-0.25, -0.2) is 0 Å². The molecule has 4 aliphatic rings. The average molecular weight is 294 g/mol. The summed E-state index contributed by atoms with van der Waals surface area (Å²) in [6.45, 7) is 3.01. The summed E-state index contributed by atoms with van der Waals surface area (Å²) in [6.07, 6.45) is 9.63. The molecule has 4 heteroatoms. The third kappa shape index (κ3) is 2.72. The van der Waals surface area contributed by atoms with Crippen molar-refractivity contribution in [3.05, 3.63) is 0 Å². The second-order valence-electron chi connectivity index (χ2n) is 7.26. The number of hydrogen-bond acceptors (Lipinski definition) is 2. The van der Waals surface area contributed by atoms with Crippen molar-refractivity contribution in [1.82, 2.24) is 10.6 Å². The highest BCUT2D eigenvalue weighted by atomic mass is 32.1. The van der Waals surface area contributed by atoms with Crippen molar-refractivity contribution in [3.63, 3.8) is 0 Å². The third-order valence-electron chi connectivity index (χ3n) is 5.56. The van der Waals surface area contributed by atoms with E-state index >= 15 is 0 Å². The highest BCUT2D eigenvalue weighted by Gasteiger charge is 2.54. The highest BCUT2D eigenvalue weighted by Crippen LogP contribution is 2.60. The molecule has 1 amide bonds. The van der Waals surface area contributed by atoms with Crippen LogP contribution in [0.25, 0.3) is 0 Å². The number of carbonyl (C=O) groups excluding carboxylic acids is 1. The van der Waals surface area contributed by atoms with Gasteiger partial charge in [-0.05, 0) is 74.9 Å². The van der Waals surface area contributed by atoms with Crippen molar-refractivity contribution in [2.45, 2.75) is 58.3 Å². The number of amides is 1. The van der Waals surface area contributed by atoms with Crippen molar-refractivity contribution in [1.29, 1.82) is 0 Å². The van der Waals surface area contributed by atoms with E-state index in [4.69, 9.17) is 12.2 Å². The summed E-state index contributed by atoms with van der Waals surface area (Å²) in [6, 6.07) is 0. The quantitative estimate of drug-likeness (QED) is 0.618. The largest absolute Gasteiger partial charge is 0.362 e.